The molecule has 0 N–H and O–H groups in total. The first-order chi connectivity index (χ1) is 6.27. The smallest absolute Gasteiger partial charge is 0.157 e. The van der Waals surface area contributed by atoms with Crippen molar-refractivity contribution in [3.63, 3.8) is 0 Å². The third-order valence-corrected chi connectivity index (χ3v) is 2.16. The van der Waals surface area contributed by atoms with Gasteiger partial charge >= 0.3 is 0 Å². The highest BCUT2D eigenvalue weighted by molar-refractivity contribution is 6.76. The average Bonchev–Trinajstić information content (AvgIpc) is 2.51. The summed E-state index contributed by atoms with van der Waals surface area (Å²) in [5.41, 5.74) is 6.91. The molecule has 0 amide bonds. The van der Waals surface area contributed by atoms with Crippen LogP contribution in [0, 0.1) is 6.92 Å². The standard InChI is InChI=1S/C10H8ClN2/c1-7-3-2-4-8(5-7)9-6-12-13-10(9)11/h2-6H,1H3. The van der Waals surface area contributed by atoms with Crippen molar-refractivity contribution in [3.8, 4) is 0 Å². The van der Waals surface area contributed by atoms with Gasteiger partial charge in [-0.1, -0.05) is 41.4 Å². The maximum atomic E-state index is 5.85. The molecule has 0 aromatic heterocycles. The summed E-state index contributed by atoms with van der Waals surface area (Å²) in [6.07, 6.45) is 1.68. The van der Waals surface area contributed by atoms with Crippen molar-refractivity contribution in [1.82, 2.24) is 5.43 Å². The molecule has 2 rings (SSSR count). The van der Waals surface area contributed by atoms with Gasteiger partial charge in [-0.05, 0) is 12.5 Å². The zero-order chi connectivity index (χ0) is 9.26. The van der Waals surface area contributed by atoms with E-state index >= 15 is 0 Å². The maximum absolute atomic E-state index is 5.85. The minimum absolute atomic E-state index is 0.464. The molecule has 2 nitrogen and oxygen atoms in total. The van der Waals surface area contributed by atoms with Crippen LogP contribution in [0.1, 0.15) is 11.1 Å². The van der Waals surface area contributed by atoms with Crippen LogP contribution in [0.3, 0.4) is 0 Å². The molecule has 1 aliphatic rings. The lowest BCUT2D eigenvalue weighted by Crippen LogP contribution is -1.89. The van der Waals surface area contributed by atoms with Crippen LogP contribution >= 0.6 is 11.6 Å². The van der Waals surface area contributed by atoms with Crippen LogP contribution in [0.2, 0.25) is 0 Å². The molecule has 1 aromatic carbocycles. The largest absolute Gasteiger partial charge is 0.161 e. The lowest BCUT2D eigenvalue weighted by Gasteiger charge is -2.00. The second-order valence-electron chi connectivity index (χ2n) is 2.92. The van der Waals surface area contributed by atoms with Crippen molar-refractivity contribution in [2.24, 2.45) is 5.10 Å². The topological polar surface area (TPSA) is 26.5 Å². The van der Waals surface area contributed by atoms with Crippen LogP contribution in [0.4, 0.5) is 0 Å². The van der Waals surface area contributed by atoms with Crippen LogP contribution in [0.25, 0.3) is 5.57 Å². The van der Waals surface area contributed by atoms with E-state index in [2.05, 4.69) is 16.6 Å². The lowest BCUT2D eigenvalue weighted by molar-refractivity contribution is 0.976. The second kappa shape index (κ2) is 3.23. The summed E-state index contributed by atoms with van der Waals surface area (Å²) in [5, 5.41) is 4.20. The quantitative estimate of drug-likeness (QED) is 0.652. The number of nitrogens with zero attached hydrogens (tertiary/aromatic N) is 2. The highest BCUT2D eigenvalue weighted by atomic mass is 35.5. The summed E-state index contributed by atoms with van der Waals surface area (Å²) >= 11 is 5.85. The van der Waals surface area contributed by atoms with E-state index in [0.717, 1.165) is 11.1 Å². The third kappa shape index (κ3) is 1.58. The number of allylic oxidation sites excluding steroid dienone is 1. The van der Waals surface area contributed by atoms with E-state index in [1.807, 2.05) is 25.1 Å². The Morgan fingerprint density at radius 3 is 2.77 bits per heavy atom. The predicted octanol–water partition coefficient (Wildman–Crippen LogP) is 2.51. The van der Waals surface area contributed by atoms with Crippen LogP contribution in [0.5, 0.6) is 0 Å². The molecule has 1 aromatic rings. The zero-order valence-electron chi connectivity index (χ0n) is 7.16. The van der Waals surface area contributed by atoms with E-state index < -0.39 is 0 Å². The second-order valence-corrected chi connectivity index (χ2v) is 3.28. The summed E-state index contributed by atoms with van der Waals surface area (Å²) in [6, 6.07) is 8.09. The molecule has 0 saturated heterocycles. The van der Waals surface area contributed by atoms with Crippen LogP contribution in [-0.4, -0.2) is 5.17 Å². The van der Waals surface area contributed by atoms with Gasteiger partial charge in [-0.25, -0.2) is 0 Å². The molecule has 0 unspecified atom stereocenters. The van der Waals surface area contributed by atoms with Gasteiger partial charge in [0.1, 0.15) is 0 Å². The molecule has 1 radical (unpaired) electrons. The van der Waals surface area contributed by atoms with Crippen LogP contribution in [0.15, 0.2) is 35.6 Å². The van der Waals surface area contributed by atoms with Crippen molar-refractivity contribution in [1.29, 1.82) is 0 Å². The van der Waals surface area contributed by atoms with Crippen molar-refractivity contribution in [2.45, 2.75) is 6.92 Å². The molecular weight excluding hydrogens is 184 g/mol. The summed E-state index contributed by atoms with van der Waals surface area (Å²) in [6.45, 7) is 2.04. The first-order valence-corrected chi connectivity index (χ1v) is 4.36. The SMILES string of the molecule is Cc1cccc(C2=C[N]N=C2Cl)c1. The summed E-state index contributed by atoms with van der Waals surface area (Å²) in [7, 11) is 0. The van der Waals surface area contributed by atoms with Gasteiger partial charge in [0.2, 0.25) is 0 Å². The van der Waals surface area contributed by atoms with Crippen molar-refractivity contribution >= 4 is 22.3 Å². The molecule has 0 aliphatic carbocycles. The van der Waals surface area contributed by atoms with Gasteiger partial charge < -0.3 is 0 Å². The highest BCUT2D eigenvalue weighted by Gasteiger charge is 2.12. The number of hydrogen-bond acceptors (Lipinski definition) is 1. The molecule has 65 valence electrons. The summed E-state index contributed by atoms with van der Waals surface area (Å²) in [4.78, 5) is 0. The number of aryl methyl sites for hydroxylation is 1. The normalized spacial score (nSPS) is 14.9. The average molecular weight is 192 g/mol. The molecule has 0 fully saturated rings. The Bertz CT molecular complexity index is 394. The van der Waals surface area contributed by atoms with Crippen LogP contribution < -0.4 is 5.43 Å². The zero-order valence-corrected chi connectivity index (χ0v) is 7.92. The molecule has 0 saturated carbocycles. The monoisotopic (exact) mass is 191 g/mol. The molecule has 3 heteroatoms. The molecule has 13 heavy (non-hydrogen) atoms. The molecule has 0 bridgehead atoms. The van der Waals surface area contributed by atoms with E-state index in [4.69, 9.17) is 11.6 Å². The maximum Gasteiger partial charge on any atom is 0.161 e. The van der Waals surface area contributed by atoms with E-state index in [9.17, 15) is 0 Å². The van der Waals surface area contributed by atoms with E-state index in [1.54, 1.807) is 6.20 Å². The third-order valence-electron chi connectivity index (χ3n) is 1.88. The minimum atomic E-state index is 0.464. The van der Waals surface area contributed by atoms with Gasteiger partial charge in [0.05, 0.1) is 6.20 Å². The van der Waals surface area contributed by atoms with Crippen LogP contribution in [-0.2, 0) is 0 Å². The van der Waals surface area contributed by atoms with Crippen molar-refractivity contribution < 1.29 is 0 Å². The molecule has 0 spiro atoms. The molecule has 0 atom stereocenters. The Morgan fingerprint density at radius 2 is 2.15 bits per heavy atom. The Labute approximate surface area is 81.9 Å². The highest BCUT2D eigenvalue weighted by Crippen LogP contribution is 2.21. The molecule has 1 aliphatic heterocycles. The first-order valence-electron chi connectivity index (χ1n) is 3.98. The minimum Gasteiger partial charge on any atom is -0.157 e. The lowest BCUT2D eigenvalue weighted by atomic mass is 10.1. The summed E-state index contributed by atoms with van der Waals surface area (Å²) in [5.74, 6) is 0. The Morgan fingerprint density at radius 1 is 1.31 bits per heavy atom. The van der Waals surface area contributed by atoms with Gasteiger partial charge in [-0.15, -0.1) is 5.10 Å². The van der Waals surface area contributed by atoms with Gasteiger partial charge in [0.15, 0.2) is 5.17 Å². The Balaban J connectivity index is 2.42. The van der Waals surface area contributed by atoms with E-state index in [0.29, 0.717) is 5.17 Å². The first kappa shape index (κ1) is 8.32. The Hall–Kier alpha value is -1.28. The molecular formula is C10H8ClN2. The number of hydrogen-bond donors (Lipinski definition) is 0. The van der Waals surface area contributed by atoms with Gasteiger partial charge in [-0.2, -0.15) is 5.43 Å². The van der Waals surface area contributed by atoms with Gasteiger partial charge in [-0.3, -0.25) is 0 Å². The van der Waals surface area contributed by atoms with Crippen molar-refractivity contribution in [3.05, 3.63) is 41.6 Å². The van der Waals surface area contributed by atoms with E-state index in [-0.39, 0.29) is 0 Å². The van der Waals surface area contributed by atoms with Gasteiger partial charge in [0.25, 0.3) is 0 Å². The number of halogens is 1. The fraction of sp³-hybridized carbons (Fsp3) is 0.100. The fourth-order valence-corrected chi connectivity index (χ4v) is 1.45. The molecule has 1 heterocycles. The fourth-order valence-electron chi connectivity index (χ4n) is 1.25. The van der Waals surface area contributed by atoms with Crippen molar-refractivity contribution in [2.75, 3.05) is 0 Å². The van der Waals surface area contributed by atoms with E-state index in [1.165, 1.54) is 5.56 Å². The predicted molar refractivity (Wildman–Crippen MR) is 54.6 cm³/mol. The number of benzene rings is 1. The van der Waals surface area contributed by atoms with Gasteiger partial charge in [0, 0.05) is 5.57 Å². The Kier molecular flexibility index (Phi) is 2.07. The number of rotatable bonds is 1. The summed E-state index contributed by atoms with van der Waals surface area (Å²) < 4.78 is 0.